The largest absolute Gasteiger partial charge is 0.353 e. The van der Waals surface area contributed by atoms with Crippen molar-refractivity contribution in [3.8, 4) is 0 Å². The quantitative estimate of drug-likeness (QED) is 0.825. The molecule has 0 aromatic carbocycles. The van der Waals surface area contributed by atoms with Gasteiger partial charge in [0.2, 0.25) is 5.91 Å². The second-order valence-electron chi connectivity index (χ2n) is 6.24. The number of nitrogens with one attached hydrogen (secondary N) is 2. The predicted molar refractivity (Wildman–Crippen MR) is 90.3 cm³/mol. The van der Waals surface area contributed by atoms with Crippen molar-refractivity contribution in [3.05, 3.63) is 0 Å². The van der Waals surface area contributed by atoms with Crippen molar-refractivity contribution in [1.82, 2.24) is 10.6 Å². The summed E-state index contributed by atoms with van der Waals surface area (Å²) in [7, 11) is -0.721. The first kappa shape index (κ1) is 18.9. The Hall–Kier alpha value is -0.130. The number of halogens is 1. The van der Waals surface area contributed by atoms with Gasteiger partial charge in [-0.25, -0.2) is 0 Å². The zero-order valence-corrected chi connectivity index (χ0v) is 14.7. The first-order valence-corrected chi connectivity index (χ1v) is 9.39. The van der Waals surface area contributed by atoms with Gasteiger partial charge in [0.15, 0.2) is 0 Å². The molecule has 2 N–H and O–H groups in total. The fourth-order valence-electron chi connectivity index (χ4n) is 3.44. The lowest BCUT2D eigenvalue weighted by Crippen LogP contribution is -2.47. The molecule has 4 nitrogen and oxygen atoms in total. The predicted octanol–water partition coefficient (Wildman–Crippen LogP) is 1.99. The SMILES string of the molecule is CCS(=O)C1CCCC(NC(=O)[C@H]2CCN[C@@H](C)C2)C1.Cl. The van der Waals surface area contributed by atoms with Crippen LogP contribution in [0.1, 0.15) is 52.4 Å². The first-order valence-electron chi connectivity index (χ1n) is 8.01. The highest BCUT2D eigenvalue weighted by atomic mass is 35.5. The van der Waals surface area contributed by atoms with Gasteiger partial charge in [0.1, 0.15) is 0 Å². The summed E-state index contributed by atoms with van der Waals surface area (Å²) < 4.78 is 11.9. The Morgan fingerprint density at radius 2 is 2.05 bits per heavy atom. The molecule has 0 spiro atoms. The zero-order chi connectivity index (χ0) is 14.5. The van der Waals surface area contributed by atoms with E-state index >= 15 is 0 Å². The van der Waals surface area contributed by atoms with E-state index in [1.807, 2.05) is 6.92 Å². The molecule has 2 fully saturated rings. The summed E-state index contributed by atoms with van der Waals surface area (Å²) in [6.07, 6.45) is 5.95. The molecule has 3 unspecified atom stereocenters. The molecule has 5 atom stereocenters. The molecule has 21 heavy (non-hydrogen) atoms. The zero-order valence-electron chi connectivity index (χ0n) is 13.1. The van der Waals surface area contributed by atoms with Crippen molar-refractivity contribution in [2.75, 3.05) is 12.3 Å². The van der Waals surface area contributed by atoms with Gasteiger partial charge < -0.3 is 10.6 Å². The molecule has 2 aliphatic rings. The number of piperidine rings is 1. The summed E-state index contributed by atoms with van der Waals surface area (Å²) in [6, 6.07) is 0.674. The van der Waals surface area contributed by atoms with E-state index in [9.17, 15) is 9.00 Å². The molecule has 0 bridgehead atoms. The smallest absolute Gasteiger partial charge is 0.223 e. The number of amides is 1. The number of hydrogen-bond donors (Lipinski definition) is 2. The number of carbonyl (C=O) groups excluding carboxylic acids is 1. The van der Waals surface area contributed by atoms with E-state index in [-0.39, 0.29) is 35.5 Å². The van der Waals surface area contributed by atoms with Crippen molar-refractivity contribution < 1.29 is 9.00 Å². The van der Waals surface area contributed by atoms with Gasteiger partial charge in [-0.2, -0.15) is 0 Å². The summed E-state index contributed by atoms with van der Waals surface area (Å²) in [5.41, 5.74) is 0. The highest BCUT2D eigenvalue weighted by Crippen LogP contribution is 2.24. The van der Waals surface area contributed by atoms with Crippen LogP contribution in [0.25, 0.3) is 0 Å². The van der Waals surface area contributed by atoms with Gasteiger partial charge in [-0.3, -0.25) is 9.00 Å². The monoisotopic (exact) mass is 336 g/mol. The molecular formula is C15H29ClN2O2S. The molecule has 1 saturated carbocycles. The average Bonchev–Trinajstić information content (AvgIpc) is 2.46. The van der Waals surface area contributed by atoms with Crippen LogP contribution in [0, 0.1) is 5.92 Å². The molecule has 1 heterocycles. The highest BCUT2D eigenvalue weighted by Gasteiger charge is 2.30. The standard InChI is InChI=1S/C15H28N2O2S.ClH/c1-3-20(19)14-6-4-5-13(10-14)17-15(18)12-7-8-16-11(2)9-12;/h11-14,16H,3-10H2,1-2H3,(H,17,18);1H/t11-,12-,13?,14?,20?;/m0./s1. The maximum atomic E-state index is 12.3. The molecule has 0 radical (unpaired) electrons. The van der Waals surface area contributed by atoms with Crippen molar-refractivity contribution in [2.45, 2.75) is 69.7 Å². The van der Waals surface area contributed by atoms with Crippen molar-refractivity contribution in [1.29, 1.82) is 0 Å². The maximum Gasteiger partial charge on any atom is 0.223 e. The van der Waals surface area contributed by atoms with E-state index in [4.69, 9.17) is 0 Å². The average molecular weight is 337 g/mol. The molecule has 1 aliphatic carbocycles. The Morgan fingerprint density at radius 1 is 1.29 bits per heavy atom. The third-order valence-electron chi connectivity index (χ3n) is 4.62. The van der Waals surface area contributed by atoms with Crippen LogP contribution in [-0.4, -0.2) is 39.7 Å². The Bertz CT molecular complexity index is 368. The van der Waals surface area contributed by atoms with E-state index in [0.29, 0.717) is 6.04 Å². The van der Waals surface area contributed by atoms with E-state index in [1.54, 1.807) is 0 Å². The van der Waals surface area contributed by atoms with Gasteiger partial charge in [-0.1, -0.05) is 13.3 Å². The lowest BCUT2D eigenvalue weighted by atomic mass is 9.90. The molecule has 0 aromatic heterocycles. The Balaban J connectivity index is 0.00000220. The van der Waals surface area contributed by atoms with Gasteiger partial charge in [0.25, 0.3) is 0 Å². The molecular weight excluding hydrogens is 308 g/mol. The summed E-state index contributed by atoms with van der Waals surface area (Å²) in [5, 5.41) is 6.88. The van der Waals surface area contributed by atoms with Gasteiger partial charge >= 0.3 is 0 Å². The third-order valence-corrected chi connectivity index (χ3v) is 6.36. The van der Waals surface area contributed by atoms with Gasteiger partial charge in [-0.05, 0) is 45.6 Å². The number of rotatable bonds is 4. The number of carbonyl (C=O) groups is 1. The molecule has 1 saturated heterocycles. The van der Waals surface area contributed by atoms with Gasteiger partial charge in [0, 0.05) is 39.8 Å². The van der Waals surface area contributed by atoms with Crippen LogP contribution < -0.4 is 10.6 Å². The van der Waals surface area contributed by atoms with Crippen LogP contribution in [0.4, 0.5) is 0 Å². The minimum atomic E-state index is -0.721. The highest BCUT2D eigenvalue weighted by molar-refractivity contribution is 7.85. The summed E-state index contributed by atoms with van der Waals surface area (Å²) in [6.45, 7) is 5.06. The minimum absolute atomic E-state index is 0. The van der Waals surface area contributed by atoms with Gasteiger partial charge in [0.05, 0.1) is 0 Å². The van der Waals surface area contributed by atoms with Crippen LogP contribution in [0.3, 0.4) is 0 Å². The van der Waals surface area contributed by atoms with E-state index < -0.39 is 10.8 Å². The molecule has 0 aromatic rings. The topological polar surface area (TPSA) is 58.2 Å². The van der Waals surface area contributed by atoms with Crippen LogP contribution in [0.5, 0.6) is 0 Å². The molecule has 1 amide bonds. The third kappa shape index (κ3) is 5.53. The van der Waals surface area contributed by atoms with Crippen molar-refractivity contribution in [3.63, 3.8) is 0 Å². The Labute approximate surface area is 137 Å². The minimum Gasteiger partial charge on any atom is -0.353 e. The van der Waals surface area contributed by atoms with Crippen LogP contribution >= 0.6 is 12.4 Å². The second-order valence-corrected chi connectivity index (χ2v) is 8.25. The fourth-order valence-corrected chi connectivity index (χ4v) is 4.79. The fraction of sp³-hybridized carbons (Fsp3) is 0.933. The van der Waals surface area contributed by atoms with Crippen molar-refractivity contribution in [2.24, 2.45) is 5.92 Å². The lowest BCUT2D eigenvalue weighted by molar-refractivity contribution is -0.127. The molecule has 1 aliphatic heterocycles. The maximum absolute atomic E-state index is 12.3. The van der Waals surface area contributed by atoms with E-state index in [2.05, 4.69) is 17.6 Å². The van der Waals surface area contributed by atoms with E-state index in [1.165, 1.54) is 0 Å². The summed E-state index contributed by atoms with van der Waals surface area (Å²) in [4.78, 5) is 12.3. The molecule has 2 rings (SSSR count). The van der Waals surface area contributed by atoms with Gasteiger partial charge in [-0.15, -0.1) is 12.4 Å². The van der Waals surface area contributed by atoms with E-state index in [0.717, 1.165) is 50.8 Å². The Morgan fingerprint density at radius 3 is 2.71 bits per heavy atom. The Kier molecular flexibility index (Phi) is 8.21. The number of hydrogen-bond acceptors (Lipinski definition) is 3. The normalized spacial score (nSPS) is 34.6. The van der Waals surface area contributed by atoms with Crippen LogP contribution in [0.2, 0.25) is 0 Å². The molecule has 6 heteroatoms. The summed E-state index contributed by atoms with van der Waals surface area (Å²) >= 11 is 0. The molecule has 124 valence electrons. The van der Waals surface area contributed by atoms with Crippen molar-refractivity contribution >= 4 is 29.1 Å². The summed E-state index contributed by atoms with van der Waals surface area (Å²) in [5.74, 6) is 1.10. The second kappa shape index (κ2) is 9.11. The van der Waals surface area contributed by atoms with Crippen LogP contribution in [0.15, 0.2) is 0 Å². The lowest BCUT2D eigenvalue weighted by Gasteiger charge is -2.32. The van der Waals surface area contributed by atoms with Crippen LogP contribution in [-0.2, 0) is 15.6 Å². The first-order chi connectivity index (χ1) is 9.60.